The van der Waals surface area contributed by atoms with Crippen LogP contribution in [0.5, 0.6) is 0 Å². The summed E-state index contributed by atoms with van der Waals surface area (Å²) in [7, 11) is 0. The lowest BCUT2D eigenvalue weighted by molar-refractivity contribution is -0.179. The summed E-state index contributed by atoms with van der Waals surface area (Å²) in [5, 5.41) is 9.71. The normalized spacial score (nSPS) is 19.5. The second-order valence-electron chi connectivity index (χ2n) is 5.04. The van der Waals surface area contributed by atoms with Crippen molar-refractivity contribution in [3.05, 3.63) is 29.8 Å². The third-order valence-corrected chi connectivity index (χ3v) is 3.69. The molecule has 0 radical (unpaired) electrons. The van der Waals surface area contributed by atoms with Crippen molar-refractivity contribution >= 4 is 5.69 Å². The van der Waals surface area contributed by atoms with Crippen LogP contribution < -0.4 is 4.90 Å². The number of para-hydroxylation sites is 1. The van der Waals surface area contributed by atoms with Crippen molar-refractivity contribution in [2.45, 2.75) is 32.0 Å². The zero-order valence-corrected chi connectivity index (χ0v) is 10.8. The van der Waals surface area contributed by atoms with Crippen LogP contribution >= 0.6 is 0 Å². The lowest BCUT2D eigenvalue weighted by Gasteiger charge is -2.35. The van der Waals surface area contributed by atoms with Gasteiger partial charge in [-0.1, -0.05) is 18.2 Å². The zero-order chi connectivity index (χ0) is 14.0. The van der Waals surface area contributed by atoms with E-state index in [-0.39, 0.29) is 12.8 Å². The molecule has 5 heteroatoms. The molecule has 0 saturated carbocycles. The molecule has 1 aromatic rings. The maximum atomic E-state index is 12.6. The van der Waals surface area contributed by atoms with E-state index in [9.17, 15) is 18.3 Å². The van der Waals surface area contributed by atoms with E-state index in [0.717, 1.165) is 11.3 Å². The van der Waals surface area contributed by atoms with Crippen LogP contribution in [0.25, 0.3) is 0 Å². The summed E-state index contributed by atoms with van der Waals surface area (Å²) < 4.78 is 37.9. The molecule has 1 unspecified atom stereocenters. The van der Waals surface area contributed by atoms with Crippen molar-refractivity contribution in [1.29, 1.82) is 0 Å². The quantitative estimate of drug-likeness (QED) is 0.891. The van der Waals surface area contributed by atoms with Gasteiger partial charge in [0, 0.05) is 24.3 Å². The fourth-order valence-corrected chi connectivity index (χ4v) is 2.58. The van der Waals surface area contributed by atoms with Crippen LogP contribution in [0.2, 0.25) is 0 Å². The molecule has 19 heavy (non-hydrogen) atoms. The number of nitrogens with zero attached hydrogens (tertiary/aromatic N) is 1. The second kappa shape index (κ2) is 5.41. The summed E-state index contributed by atoms with van der Waals surface area (Å²) in [6, 6.07) is 7.34. The molecule has 1 N–H and O–H groups in total. The molecule has 2 nitrogen and oxygen atoms in total. The fraction of sp³-hybridized carbons (Fsp3) is 0.571. The van der Waals surface area contributed by atoms with E-state index in [1.165, 1.54) is 0 Å². The van der Waals surface area contributed by atoms with E-state index >= 15 is 0 Å². The predicted octanol–water partition coefficient (Wildman–Crippen LogP) is 3.52. The molecule has 0 spiro atoms. The minimum atomic E-state index is -4.09. The fourth-order valence-electron chi connectivity index (χ4n) is 2.58. The van der Waals surface area contributed by atoms with Crippen molar-refractivity contribution in [1.82, 2.24) is 0 Å². The number of aliphatic hydroxyl groups excluding tert-OH is 1. The predicted molar refractivity (Wildman–Crippen MR) is 68.1 cm³/mol. The summed E-state index contributed by atoms with van der Waals surface area (Å²) in [6.45, 7) is 2.43. The topological polar surface area (TPSA) is 23.5 Å². The third kappa shape index (κ3) is 3.21. The lowest BCUT2D eigenvalue weighted by atomic mass is 9.95. The van der Waals surface area contributed by atoms with E-state index in [1.54, 1.807) is 6.92 Å². The van der Waals surface area contributed by atoms with Gasteiger partial charge in [-0.15, -0.1) is 0 Å². The number of halogens is 3. The first kappa shape index (κ1) is 14.2. The number of rotatable bonds is 2. The van der Waals surface area contributed by atoms with E-state index in [1.807, 2.05) is 29.2 Å². The highest BCUT2D eigenvalue weighted by atomic mass is 19.4. The smallest absolute Gasteiger partial charge is 0.389 e. The molecule has 106 valence electrons. The summed E-state index contributed by atoms with van der Waals surface area (Å²) >= 11 is 0. The van der Waals surface area contributed by atoms with Crippen LogP contribution in [0, 0.1) is 5.92 Å². The standard InChI is InChI=1S/C14H18F3NO/c1-10(19)12-4-2-3-5-13(12)18-8-6-11(7-9-18)14(15,16)17/h2-5,10-11,19H,6-9H2,1H3. The van der Waals surface area contributed by atoms with Gasteiger partial charge in [0.2, 0.25) is 0 Å². The summed E-state index contributed by atoms with van der Waals surface area (Å²) in [6.07, 6.45) is -4.46. The van der Waals surface area contributed by atoms with Crippen LogP contribution in [-0.4, -0.2) is 24.4 Å². The minimum Gasteiger partial charge on any atom is -0.389 e. The average molecular weight is 273 g/mol. The van der Waals surface area contributed by atoms with Gasteiger partial charge in [0.1, 0.15) is 0 Å². The number of benzene rings is 1. The molecular weight excluding hydrogens is 255 g/mol. The Balaban J connectivity index is 2.10. The van der Waals surface area contributed by atoms with E-state index in [4.69, 9.17) is 0 Å². The Morgan fingerprint density at radius 2 is 1.79 bits per heavy atom. The molecule has 1 aliphatic heterocycles. The van der Waals surface area contributed by atoms with Gasteiger partial charge >= 0.3 is 6.18 Å². The highest BCUT2D eigenvalue weighted by molar-refractivity contribution is 5.54. The van der Waals surface area contributed by atoms with Gasteiger partial charge in [0.25, 0.3) is 0 Å². The molecule has 0 bridgehead atoms. The van der Waals surface area contributed by atoms with Gasteiger partial charge in [-0.3, -0.25) is 0 Å². The maximum Gasteiger partial charge on any atom is 0.391 e. The Kier molecular flexibility index (Phi) is 4.04. The van der Waals surface area contributed by atoms with Gasteiger partial charge in [0.05, 0.1) is 12.0 Å². The van der Waals surface area contributed by atoms with Crippen molar-refractivity contribution in [3.8, 4) is 0 Å². The molecule has 1 aromatic carbocycles. The summed E-state index contributed by atoms with van der Waals surface area (Å²) in [5.74, 6) is -1.19. The molecule has 0 amide bonds. The lowest BCUT2D eigenvalue weighted by Crippen LogP contribution is -2.39. The number of piperidine rings is 1. The SMILES string of the molecule is CC(O)c1ccccc1N1CCC(C(F)(F)F)CC1. The van der Waals surface area contributed by atoms with Crippen LogP contribution in [0.3, 0.4) is 0 Å². The van der Waals surface area contributed by atoms with Crippen LogP contribution in [0.1, 0.15) is 31.4 Å². The number of alkyl halides is 3. The van der Waals surface area contributed by atoms with Crippen molar-refractivity contribution in [2.75, 3.05) is 18.0 Å². The van der Waals surface area contributed by atoms with Crippen LogP contribution in [-0.2, 0) is 0 Å². The van der Waals surface area contributed by atoms with E-state index < -0.39 is 18.2 Å². The molecule has 1 aliphatic rings. The van der Waals surface area contributed by atoms with Gasteiger partial charge in [-0.05, 0) is 25.8 Å². The molecule has 0 aliphatic carbocycles. The first-order valence-electron chi connectivity index (χ1n) is 6.48. The number of anilines is 1. The largest absolute Gasteiger partial charge is 0.391 e. The van der Waals surface area contributed by atoms with Crippen molar-refractivity contribution in [2.24, 2.45) is 5.92 Å². The molecule has 1 heterocycles. The van der Waals surface area contributed by atoms with Gasteiger partial charge < -0.3 is 10.0 Å². The average Bonchev–Trinajstić information content (AvgIpc) is 2.38. The third-order valence-electron chi connectivity index (χ3n) is 3.69. The molecule has 2 rings (SSSR count). The molecule has 1 fully saturated rings. The molecular formula is C14H18F3NO. The summed E-state index contributed by atoms with van der Waals surface area (Å²) in [4.78, 5) is 1.93. The maximum absolute atomic E-state index is 12.6. The highest BCUT2D eigenvalue weighted by Gasteiger charge is 2.41. The van der Waals surface area contributed by atoms with Crippen LogP contribution in [0.15, 0.2) is 24.3 Å². The van der Waals surface area contributed by atoms with Crippen molar-refractivity contribution < 1.29 is 18.3 Å². The van der Waals surface area contributed by atoms with Crippen molar-refractivity contribution in [3.63, 3.8) is 0 Å². The van der Waals surface area contributed by atoms with Gasteiger partial charge in [-0.2, -0.15) is 13.2 Å². The number of hydrogen-bond donors (Lipinski definition) is 1. The van der Waals surface area contributed by atoms with E-state index in [0.29, 0.717) is 13.1 Å². The first-order valence-corrected chi connectivity index (χ1v) is 6.48. The Labute approximate surface area is 110 Å². The number of aliphatic hydroxyl groups is 1. The first-order chi connectivity index (χ1) is 8.89. The monoisotopic (exact) mass is 273 g/mol. The Hall–Kier alpha value is -1.23. The Morgan fingerprint density at radius 3 is 2.32 bits per heavy atom. The molecule has 1 atom stereocenters. The van der Waals surface area contributed by atoms with Crippen LogP contribution in [0.4, 0.5) is 18.9 Å². The minimum absolute atomic E-state index is 0.123. The Bertz CT molecular complexity index is 423. The molecule has 0 aromatic heterocycles. The zero-order valence-electron chi connectivity index (χ0n) is 10.8. The Morgan fingerprint density at radius 1 is 1.21 bits per heavy atom. The van der Waals surface area contributed by atoms with Gasteiger partial charge in [0.15, 0.2) is 0 Å². The highest BCUT2D eigenvalue weighted by Crippen LogP contribution is 2.36. The van der Waals surface area contributed by atoms with E-state index in [2.05, 4.69) is 0 Å². The molecule has 1 saturated heterocycles. The van der Waals surface area contributed by atoms with Gasteiger partial charge in [-0.25, -0.2) is 0 Å². The summed E-state index contributed by atoms with van der Waals surface area (Å²) in [5.41, 5.74) is 1.62. The number of hydrogen-bond acceptors (Lipinski definition) is 2. The second-order valence-corrected chi connectivity index (χ2v) is 5.04.